The number of Topliss-reactive ketones (excluding diaryl/α,β-unsaturated/α-hetero) is 1. The number of unbranched alkanes of at least 4 members (excludes halogenated alkanes) is 18. The maximum Gasteiger partial charge on any atom is 0.472 e. The van der Waals surface area contributed by atoms with Gasteiger partial charge in [-0.15, -0.1) is 0 Å². The van der Waals surface area contributed by atoms with Crippen LogP contribution in [0.3, 0.4) is 0 Å². The summed E-state index contributed by atoms with van der Waals surface area (Å²) < 4.78 is 81.9. The molecule has 0 amide bonds. The fraction of sp³-hybridized carbons (Fsp3) is 0.923. The van der Waals surface area contributed by atoms with Crippen molar-refractivity contribution < 1.29 is 109 Å². The molecule has 0 aromatic heterocycles. The van der Waals surface area contributed by atoms with E-state index in [1.54, 1.807) is 0 Å². The fourth-order valence-corrected chi connectivity index (χ4v) is 9.92. The van der Waals surface area contributed by atoms with Crippen LogP contribution in [0.5, 0.6) is 0 Å². The molecule has 27 heteroatoms. The average molecular weight is 1040 g/mol. The standard InChI is InChI=1S/C39H76O23P4/c1-3-5-6-7-8-9-10-11-12-13-16-20-23-27-33(42)58-31(28-56-32(41)26-22-19-17-14-15-18-21-25-30(40)24-4-2)29-57-66(54,55)62-36-34(43)37(59-63(45,46)47)39(61-65(51,52)53)38(35(36)44)60-64(48,49)50/h31,34-39,43-44H,3-29H2,1-2H3,(H,54,55)(H2,45,46,47)(H2,48,49,50)(H2,51,52,53)/t31-,34+,35?,36?,37+,38-,39?/m1/s1. The van der Waals surface area contributed by atoms with E-state index in [9.17, 15) is 77.1 Å². The van der Waals surface area contributed by atoms with Crippen LogP contribution in [0.15, 0.2) is 0 Å². The highest BCUT2D eigenvalue weighted by Crippen LogP contribution is 2.53. The first-order valence-corrected chi connectivity index (χ1v) is 29.1. The third-order valence-electron chi connectivity index (χ3n) is 10.5. The van der Waals surface area contributed by atoms with Crippen LogP contribution in [0.4, 0.5) is 0 Å². The second-order valence-electron chi connectivity index (χ2n) is 16.5. The first-order chi connectivity index (χ1) is 30.9. The molecule has 66 heavy (non-hydrogen) atoms. The Morgan fingerprint density at radius 2 is 0.818 bits per heavy atom. The van der Waals surface area contributed by atoms with Gasteiger partial charge in [0.05, 0.1) is 6.61 Å². The van der Waals surface area contributed by atoms with Crippen molar-refractivity contribution in [3.8, 4) is 0 Å². The van der Waals surface area contributed by atoms with E-state index in [0.717, 1.165) is 64.2 Å². The fourth-order valence-electron chi connectivity index (χ4n) is 7.26. The Bertz CT molecular complexity index is 1530. The maximum absolute atomic E-state index is 13.2. The third-order valence-corrected chi connectivity index (χ3v) is 13.1. The summed E-state index contributed by atoms with van der Waals surface area (Å²) >= 11 is 0. The summed E-state index contributed by atoms with van der Waals surface area (Å²) in [6.45, 7) is 2.46. The molecule has 0 heterocycles. The number of carbonyl (C=O) groups excluding carboxylic acids is 3. The van der Waals surface area contributed by atoms with Gasteiger partial charge in [-0.05, 0) is 25.7 Å². The first-order valence-electron chi connectivity index (χ1n) is 23.0. The minimum Gasteiger partial charge on any atom is -0.462 e. The summed E-state index contributed by atoms with van der Waals surface area (Å²) in [6.07, 6.45) is 3.42. The molecule has 8 atom stereocenters. The van der Waals surface area contributed by atoms with Gasteiger partial charge >= 0.3 is 43.2 Å². The number of phosphoric ester groups is 4. The lowest BCUT2D eigenvalue weighted by atomic mass is 9.85. The number of aliphatic hydroxyl groups excluding tert-OH is 2. The largest absolute Gasteiger partial charge is 0.472 e. The molecule has 1 saturated carbocycles. The number of esters is 2. The van der Waals surface area contributed by atoms with Gasteiger partial charge in [-0.25, -0.2) is 18.3 Å². The molecule has 4 unspecified atom stereocenters. The van der Waals surface area contributed by atoms with Crippen molar-refractivity contribution in [3.05, 3.63) is 0 Å². The molecule has 0 aromatic carbocycles. The first kappa shape index (κ1) is 63.0. The van der Waals surface area contributed by atoms with Crippen LogP contribution in [0.1, 0.15) is 174 Å². The Morgan fingerprint density at radius 3 is 1.23 bits per heavy atom. The van der Waals surface area contributed by atoms with Gasteiger partial charge in [0.1, 0.15) is 49.0 Å². The number of carbonyl (C=O) groups is 3. The summed E-state index contributed by atoms with van der Waals surface area (Å²) in [5.41, 5.74) is 0. The maximum atomic E-state index is 13.2. The number of rotatable bonds is 40. The van der Waals surface area contributed by atoms with Crippen LogP contribution in [0.25, 0.3) is 0 Å². The highest BCUT2D eigenvalue weighted by atomic mass is 31.2. The lowest BCUT2D eigenvalue weighted by molar-refractivity contribution is -0.209. The average Bonchev–Trinajstić information content (AvgIpc) is 3.20. The third kappa shape index (κ3) is 31.2. The minimum absolute atomic E-state index is 0.00646. The molecule has 0 radical (unpaired) electrons. The van der Waals surface area contributed by atoms with Gasteiger partial charge in [-0.1, -0.05) is 123 Å². The van der Waals surface area contributed by atoms with Gasteiger partial charge in [-0.2, -0.15) is 0 Å². The van der Waals surface area contributed by atoms with Crippen molar-refractivity contribution in [2.75, 3.05) is 13.2 Å². The summed E-state index contributed by atoms with van der Waals surface area (Å²) in [5, 5.41) is 21.8. The molecule has 1 rings (SSSR count). The van der Waals surface area contributed by atoms with E-state index in [0.29, 0.717) is 38.5 Å². The number of phosphoric acid groups is 4. The molecular formula is C39H76O23P4. The lowest BCUT2D eigenvalue weighted by Gasteiger charge is -2.45. The molecule has 0 spiro atoms. The summed E-state index contributed by atoms with van der Waals surface area (Å²) in [6, 6.07) is 0. The Labute approximate surface area is 387 Å². The van der Waals surface area contributed by atoms with E-state index < -0.39 is 99.2 Å². The minimum atomic E-state index is -5.79. The molecule has 0 aliphatic heterocycles. The van der Waals surface area contributed by atoms with Gasteiger partial charge in [-0.3, -0.25) is 37.0 Å². The Morgan fingerprint density at radius 1 is 0.439 bits per heavy atom. The predicted octanol–water partition coefficient (Wildman–Crippen LogP) is 6.47. The molecule has 23 nitrogen and oxygen atoms in total. The van der Waals surface area contributed by atoms with E-state index in [4.69, 9.17) is 18.5 Å². The highest BCUT2D eigenvalue weighted by molar-refractivity contribution is 7.47. The zero-order valence-corrected chi connectivity index (χ0v) is 41.7. The normalized spacial score (nSPS) is 21.9. The van der Waals surface area contributed by atoms with Crippen LogP contribution in [0, 0.1) is 0 Å². The Balaban J connectivity index is 2.95. The van der Waals surface area contributed by atoms with Crippen molar-refractivity contribution in [1.82, 2.24) is 0 Å². The quantitative estimate of drug-likeness (QED) is 0.0180. The zero-order valence-electron chi connectivity index (χ0n) is 38.2. The SMILES string of the molecule is CCCCCCCCCCCCCCCC(=O)O[C@H](COC(=O)CCCCCCCCCC(=O)CCC)COP(=O)(O)OC1C(O)[C@@H](OP(=O)(O)O)C(OP(=O)(O)O)[C@@H](OP(=O)(O)O)[C@H]1O. The van der Waals surface area contributed by atoms with E-state index in [-0.39, 0.29) is 18.6 Å². The van der Waals surface area contributed by atoms with Crippen molar-refractivity contribution in [3.63, 3.8) is 0 Å². The second-order valence-corrected chi connectivity index (χ2v) is 21.5. The molecule has 1 fully saturated rings. The van der Waals surface area contributed by atoms with Gasteiger partial charge in [0.2, 0.25) is 0 Å². The Hall–Kier alpha value is -1.03. The lowest BCUT2D eigenvalue weighted by Crippen LogP contribution is -2.65. The van der Waals surface area contributed by atoms with E-state index in [1.165, 1.54) is 44.9 Å². The van der Waals surface area contributed by atoms with Crippen LogP contribution >= 0.6 is 31.3 Å². The Kier molecular flexibility index (Phi) is 32.0. The van der Waals surface area contributed by atoms with Crippen molar-refractivity contribution in [2.24, 2.45) is 0 Å². The monoisotopic (exact) mass is 1040 g/mol. The van der Waals surface area contributed by atoms with Crippen LogP contribution in [-0.2, 0) is 64.7 Å². The second kappa shape index (κ2) is 33.5. The van der Waals surface area contributed by atoms with Crippen LogP contribution in [0.2, 0.25) is 0 Å². The molecular weight excluding hydrogens is 960 g/mol. The van der Waals surface area contributed by atoms with Crippen LogP contribution in [-0.4, -0.2) is 118 Å². The molecule has 0 bridgehead atoms. The van der Waals surface area contributed by atoms with Gasteiger partial charge < -0.3 is 53.9 Å². The van der Waals surface area contributed by atoms with Crippen LogP contribution < -0.4 is 0 Å². The molecule has 0 aromatic rings. The molecule has 390 valence electrons. The number of hydrogen-bond donors (Lipinski definition) is 9. The number of aliphatic hydroxyl groups is 2. The van der Waals surface area contributed by atoms with E-state index in [1.807, 2.05) is 6.92 Å². The topological polar surface area (TPSA) is 366 Å². The van der Waals surface area contributed by atoms with Crippen molar-refractivity contribution >= 4 is 49.0 Å². The zero-order chi connectivity index (χ0) is 49.8. The van der Waals surface area contributed by atoms with Gasteiger partial charge in [0, 0.05) is 25.7 Å². The van der Waals surface area contributed by atoms with Gasteiger partial charge in [0.15, 0.2) is 6.10 Å². The molecule has 1 aliphatic carbocycles. The smallest absolute Gasteiger partial charge is 0.462 e. The molecule has 9 N–H and O–H groups in total. The summed E-state index contributed by atoms with van der Waals surface area (Å²) in [5.74, 6) is -1.19. The molecule has 0 saturated heterocycles. The predicted molar refractivity (Wildman–Crippen MR) is 236 cm³/mol. The summed E-state index contributed by atoms with van der Waals surface area (Å²) in [7, 11) is -23.0. The van der Waals surface area contributed by atoms with Crippen molar-refractivity contribution in [2.45, 2.75) is 217 Å². The number of hydrogen-bond acceptors (Lipinski definition) is 16. The van der Waals surface area contributed by atoms with E-state index in [2.05, 4.69) is 20.5 Å². The van der Waals surface area contributed by atoms with Gasteiger partial charge in [0.25, 0.3) is 0 Å². The number of ketones is 1. The number of ether oxygens (including phenoxy) is 2. The highest BCUT2D eigenvalue weighted by Gasteiger charge is 2.59. The summed E-state index contributed by atoms with van der Waals surface area (Å²) in [4.78, 5) is 104. The van der Waals surface area contributed by atoms with E-state index >= 15 is 0 Å². The molecule has 1 aliphatic rings. The van der Waals surface area contributed by atoms with Crippen molar-refractivity contribution in [1.29, 1.82) is 0 Å².